The Morgan fingerprint density at radius 3 is 2.50 bits per heavy atom. The Bertz CT molecular complexity index is 270. The highest BCUT2D eigenvalue weighted by atomic mass is 16.6. The van der Waals surface area contributed by atoms with E-state index in [1.54, 1.807) is 11.9 Å². The van der Waals surface area contributed by atoms with Gasteiger partial charge in [-0.1, -0.05) is 0 Å². The van der Waals surface area contributed by atoms with Gasteiger partial charge in [0.15, 0.2) is 0 Å². The lowest BCUT2D eigenvalue weighted by molar-refractivity contribution is 0.0236. The van der Waals surface area contributed by atoms with Crippen molar-refractivity contribution in [2.45, 2.75) is 45.3 Å². The molecule has 0 aliphatic carbocycles. The summed E-state index contributed by atoms with van der Waals surface area (Å²) in [5.74, 6) is 0.434. The molecule has 1 amide bonds. The van der Waals surface area contributed by atoms with E-state index >= 15 is 0 Å². The van der Waals surface area contributed by atoms with Crippen molar-refractivity contribution in [2.24, 2.45) is 11.7 Å². The van der Waals surface area contributed by atoms with Crippen LogP contribution in [0.25, 0.3) is 0 Å². The zero-order chi connectivity index (χ0) is 13.8. The Morgan fingerprint density at radius 2 is 2.00 bits per heavy atom. The predicted octanol–water partition coefficient (Wildman–Crippen LogP) is 1.61. The minimum Gasteiger partial charge on any atom is -0.444 e. The molecule has 0 spiro atoms. The van der Waals surface area contributed by atoms with Crippen LogP contribution < -0.4 is 5.73 Å². The third kappa shape index (κ3) is 5.23. The maximum atomic E-state index is 11.8. The zero-order valence-electron chi connectivity index (χ0n) is 11.9. The van der Waals surface area contributed by atoms with Crippen molar-refractivity contribution in [3.05, 3.63) is 0 Å². The fourth-order valence-electron chi connectivity index (χ4n) is 2.02. The number of carbonyl (C=O) groups is 1. The summed E-state index contributed by atoms with van der Waals surface area (Å²) >= 11 is 0. The summed E-state index contributed by atoms with van der Waals surface area (Å²) in [6, 6.07) is -0.00795. The summed E-state index contributed by atoms with van der Waals surface area (Å²) in [4.78, 5) is 13.4. The van der Waals surface area contributed by atoms with Crippen LogP contribution in [0.3, 0.4) is 0 Å². The van der Waals surface area contributed by atoms with Crippen molar-refractivity contribution in [1.29, 1.82) is 0 Å². The second-order valence-corrected chi connectivity index (χ2v) is 5.97. The third-order valence-electron chi connectivity index (χ3n) is 3.06. The first-order chi connectivity index (χ1) is 8.29. The average Bonchev–Trinajstić information content (AvgIpc) is 2.27. The lowest BCUT2D eigenvalue weighted by atomic mass is 9.92. The topological polar surface area (TPSA) is 64.8 Å². The van der Waals surface area contributed by atoms with Gasteiger partial charge in [0.2, 0.25) is 0 Å². The van der Waals surface area contributed by atoms with E-state index < -0.39 is 5.60 Å². The fourth-order valence-corrected chi connectivity index (χ4v) is 2.02. The number of nitrogens with zero attached hydrogens (tertiary/aromatic N) is 1. The number of carbonyl (C=O) groups excluding carboxylic acids is 1. The van der Waals surface area contributed by atoms with E-state index in [0.717, 1.165) is 26.1 Å². The second kappa shape index (κ2) is 6.38. The van der Waals surface area contributed by atoms with Gasteiger partial charge in [-0.15, -0.1) is 0 Å². The molecule has 1 atom stereocenters. The van der Waals surface area contributed by atoms with Gasteiger partial charge in [-0.3, -0.25) is 0 Å². The minimum absolute atomic E-state index is 0.00795. The predicted molar refractivity (Wildman–Crippen MR) is 70.4 cm³/mol. The number of ether oxygens (including phenoxy) is 2. The molecular formula is C13H26N2O3. The number of hydrogen-bond acceptors (Lipinski definition) is 4. The van der Waals surface area contributed by atoms with Gasteiger partial charge in [0, 0.05) is 32.8 Å². The first kappa shape index (κ1) is 15.2. The fraction of sp³-hybridized carbons (Fsp3) is 0.923. The van der Waals surface area contributed by atoms with E-state index in [1.165, 1.54) is 0 Å². The molecule has 0 aromatic carbocycles. The quantitative estimate of drug-likeness (QED) is 0.835. The van der Waals surface area contributed by atoms with Crippen LogP contribution in [0, 0.1) is 5.92 Å². The molecule has 5 nitrogen and oxygen atoms in total. The van der Waals surface area contributed by atoms with Gasteiger partial charge < -0.3 is 20.1 Å². The Balaban J connectivity index is 2.38. The summed E-state index contributed by atoms with van der Waals surface area (Å²) in [7, 11) is 1.73. The molecule has 0 bridgehead atoms. The highest BCUT2D eigenvalue weighted by molar-refractivity contribution is 5.67. The first-order valence-corrected chi connectivity index (χ1v) is 6.57. The standard InChI is InChI=1S/C13H26N2O3/c1-13(2,3)18-12(16)15(4)9-11(14)10-5-7-17-8-6-10/h10-11H,5-9,14H2,1-4H3. The molecule has 18 heavy (non-hydrogen) atoms. The number of hydrogen-bond donors (Lipinski definition) is 1. The number of nitrogens with two attached hydrogens (primary N) is 1. The molecular weight excluding hydrogens is 232 g/mol. The lowest BCUT2D eigenvalue weighted by Gasteiger charge is -2.31. The Morgan fingerprint density at radius 1 is 1.44 bits per heavy atom. The van der Waals surface area contributed by atoms with Crippen LogP contribution in [-0.2, 0) is 9.47 Å². The largest absolute Gasteiger partial charge is 0.444 e. The normalized spacial score (nSPS) is 19.4. The van der Waals surface area contributed by atoms with E-state index in [0.29, 0.717) is 12.5 Å². The van der Waals surface area contributed by atoms with Gasteiger partial charge in [-0.05, 0) is 39.5 Å². The molecule has 0 aromatic heterocycles. The van der Waals surface area contributed by atoms with Gasteiger partial charge in [0.05, 0.1) is 0 Å². The number of likely N-dealkylation sites (N-methyl/N-ethyl adjacent to an activating group) is 1. The lowest BCUT2D eigenvalue weighted by Crippen LogP contribution is -2.45. The molecule has 1 rings (SSSR count). The van der Waals surface area contributed by atoms with Crippen LogP contribution in [0.15, 0.2) is 0 Å². The van der Waals surface area contributed by atoms with Gasteiger partial charge in [-0.2, -0.15) is 0 Å². The maximum Gasteiger partial charge on any atom is 0.410 e. The van der Waals surface area contributed by atoms with Crippen molar-refractivity contribution in [3.63, 3.8) is 0 Å². The third-order valence-corrected chi connectivity index (χ3v) is 3.06. The average molecular weight is 258 g/mol. The van der Waals surface area contributed by atoms with Crippen molar-refractivity contribution in [1.82, 2.24) is 4.90 Å². The molecule has 106 valence electrons. The van der Waals surface area contributed by atoms with E-state index in [-0.39, 0.29) is 12.1 Å². The minimum atomic E-state index is -0.464. The summed E-state index contributed by atoms with van der Waals surface area (Å²) in [6.45, 7) is 7.65. The van der Waals surface area contributed by atoms with E-state index in [2.05, 4.69) is 0 Å². The SMILES string of the molecule is CN(CC(N)C1CCOCC1)C(=O)OC(C)(C)C. The van der Waals surface area contributed by atoms with Gasteiger partial charge in [0.1, 0.15) is 5.60 Å². The Kier molecular flexibility index (Phi) is 5.41. The van der Waals surface area contributed by atoms with Crippen LogP contribution in [0.1, 0.15) is 33.6 Å². The molecule has 2 N–H and O–H groups in total. The van der Waals surface area contributed by atoms with Crippen LogP contribution in [0.5, 0.6) is 0 Å². The highest BCUT2D eigenvalue weighted by Gasteiger charge is 2.25. The van der Waals surface area contributed by atoms with Crippen LogP contribution >= 0.6 is 0 Å². The molecule has 1 aliphatic rings. The zero-order valence-corrected chi connectivity index (χ0v) is 11.9. The summed E-state index contributed by atoms with van der Waals surface area (Å²) < 4.78 is 10.6. The van der Waals surface area contributed by atoms with Gasteiger partial charge in [0.25, 0.3) is 0 Å². The summed E-state index contributed by atoms with van der Waals surface area (Å²) in [6.07, 6.45) is 1.64. The van der Waals surface area contributed by atoms with Gasteiger partial charge in [-0.25, -0.2) is 4.79 Å². The molecule has 1 heterocycles. The van der Waals surface area contributed by atoms with Crippen molar-refractivity contribution < 1.29 is 14.3 Å². The van der Waals surface area contributed by atoms with Crippen LogP contribution in [-0.4, -0.2) is 49.4 Å². The van der Waals surface area contributed by atoms with Crippen LogP contribution in [0.2, 0.25) is 0 Å². The first-order valence-electron chi connectivity index (χ1n) is 6.57. The maximum absolute atomic E-state index is 11.8. The summed E-state index contributed by atoms with van der Waals surface area (Å²) in [5.41, 5.74) is 5.68. The Labute approximate surface area is 110 Å². The molecule has 0 aromatic rings. The molecule has 1 aliphatic heterocycles. The number of amides is 1. The summed E-state index contributed by atoms with van der Waals surface area (Å²) in [5, 5.41) is 0. The molecule has 0 saturated carbocycles. The molecule has 1 saturated heterocycles. The molecule has 5 heteroatoms. The van der Waals surface area contributed by atoms with E-state index in [1.807, 2.05) is 20.8 Å². The van der Waals surface area contributed by atoms with Crippen molar-refractivity contribution in [2.75, 3.05) is 26.8 Å². The smallest absolute Gasteiger partial charge is 0.410 e. The van der Waals surface area contributed by atoms with Gasteiger partial charge >= 0.3 is 6.09 Å². The van der Waals surface area contributed by atoms with Crippen LogP contribution in [0.4, 0.5) is 4.79 Å². The molecule has 1 fully saturated rings. The Hall–Kier alpha value is -0.810. The van der Waals surface area contributed by atoms with Crippen molar-refractivity contribution in [3.8, 4) is 0 Å². The molecule has 0 radical (unpaired) electrons. The molecule has 1 unspecified atom stereocenters. The number of rotatable bonds is 3. The van der Waals surface area contributed by atoms with Crippen molar-refractivity contribution >= 4 is 6.09 Å². The second-order valence-electron chi connectivity index (χ2n) is 5.97. The van der Waals surface area contributed by atoms with E-state index in [4.69, 9.17) is 15.2 Å². The van der Waals surface area contributed by atoms with E-state index in [9.17, 15) is 4.79 Å². The monoisotopic (exact) mass is 258 g/mol. The highest BCUT2D eigenvalue weighted by Crippen LogP contribution is 2.18.